The van der Waals surface area contributed by atoms with Gasteiger partial charge in [-0.15, -0.1) is 0 Å². The van der Waals surface area contributed by atoms with E-state index in [9.17, 15) is 0 Å². The highest BCUT2D eigenvalue weighted by Crippen LogP contribution is 2.26. The van der Waals surface area contributed by atoms with E-state index in [1.165, 1.54) is 0 Å². The Kier molecular flexibility index (Phi) is 3.86. The van der Waals surface area contributed by atoms with E-state index >= 15 is 0 Å². The van der Waals surface area contributed by atoms with Crippen molar-refractivity contribution in [3.8, 4) is 0 Å². The molecule has 0 spiro atoms. The second-order valence-corrected chi connectivity index (χ2v) is 5.70. The van der Waals surface area contributed by atoms with Gasteiger partial charge in [0.25, 0.3) is 0 Å². The van der Waals surface area contributed by atoms with Crippen LogP contribution in [0.3, 0.4) is 0 Å². The number of rotatable bonds is 3. The van der Waals surface area contributed by atoms with E-state index < -0.39 is 0 Å². The number of aromatic nitrogens is 4. The molecule has 1 aliphatic heterocycles. The second kappa shape index (κ2) is 5.78. The Hall–Kier alpha value is -1.63. The molecule has 2 aromatic rings. The highest BCUT2D eigenvalue weighted by molar-refractivity contribution is 9.10. The number of nitrogens with one attached hydrogen (secondary N) is 1. The van der Waals surface area contributed by atoms with Crippen molar-refractivity contribution in [2.75, 3.05) is 30.4 Å². The molecule has 0 unspecified atom stereocenters. The monoisotopic (exact) mass is 336 g/mol. The van der Waals surface area contributed by atoms with Crippen LogP contribution in [0.2, 0.25) is 0 Å². The minimum Gasteiger partial charge on any atom is -0.372 e. The summed E-state index contributed by atoms with van der Waals surface area (Å²) in [4.78, 5) is 11.2. The number of nitrogens with zero attached hydrogens (tertiary/aromatic N) is 5. The average Bonchev–Trinajstić information content (AvgIpc) is 3.02. The van der Waals surface area contributed by atoms with E-state index in [-0.39, 0.29) is 0 Å². The Labute approximate surface area is 126 Å². The van der Waals surface area contributed by atoms with Gasteiger partial charge in [0, 0.05) is 38.7 Å². The zero-order valence-electron chi connectivity index (χ0n) is 11.3. The normalized spacial score (nSPS) is 19.1. The van der Waals surface area contributed by atoms with E-state index in [1.54, 1.807) is 6.20 Å². The van der Waals surface area contributed by atoms with Crippen LogP contribution in [0, 0.1) is 0 Å². The number of hydrogen-bond donors (Lipinski definition) is 1. The van der Waals surface area contributed by atoms with Gasteiger partial charge in [0.2, 0.25) is 5.95 Å². The molecule has 3 rings (SSSR count). The molecule has 6 nitrogen and oxygen atoms in total. The van der Waals surface area contributed by atoms with Crippen molar-refractivity contribution in [1.29, 1.82) is 0 Å². The van der Waals surface area contributed by atoms with E-state index in [1.807, 2.05) is 30.2 Å². The number of anilines is 2. The Morgan fingerprint density at radius 2 is 2.35 bits per heavy atom. The van der Waals surface area contributed by atoms with Gasteiger partial charge in [0.15, 0.2) is 0 Å². The molecule has 0 bridgehead atoms. The van der Waals surface area contributed by atoms with Crippen molar-refractivity contribution in [1.82, 2.24) is 19.7 Å². The molecule has 0 aromatic carbocycles. The Balaban J connectivity index is 1.80. The van der Waals surface area contributed by atoms with Crippen LogP contribution in [0.4, 0.5) is 11.8 Å². The smallest absolute Gasteiger partial charge is 0.227 e. The summed E-state index contributed by atoms with van der Waals surface area (Å²) in [7, 11) is 1.86. The summed E-state index contributed by atoms with van der Waals surface area (Å²) in [6.07, 6.45) is 7.92. The lowest BCUT2D eigenvalue weighted by Crippen LogP contribution is -2.37. The Morgan fingerprint density at radius 3 is 3.10 bits per heavy atom. The van der Waals surface area contributed by atoms with Crippen LogP contribution in [0.5, 0.6) is 0 Å². The van der Waals surface area contributed by atoms with Crippen molar-refractivity contribution < 1.29 is 0 Å². The van der Waals surface area contributed by atoms with E-state index in [2.05, 4.69) is 41.2 Å². The first-order chi connectivity index (χ1) is 9.78. The van der Waals surface area contributed by atoms with Crippen LogP contribution in [0.1, 0.15) is 18.9 Å². The van der Waals surface area contributed by atoms with Crippen molar-refractivity contribution in [2.24, 2.45) is 0 Å². The molecule has 1 aliphatic rings. The number of hydrogen-bond acceptors (Lipinski definition) is 5. The van der Waals surface area contributed by atoms with Crippen LogP contribution < -0.4 is 10.2 Å². The predicted octanol–water partition coefficient (Wildman–Crippen LogP) is 2.32. The van der Waals surface area contributed by atoms with Gasteiger partial charge in [-0.3, -0.25) is 4.68 Å². The van der Waals surface area contributed by atoms with Gasteiger partial charge in [-0.25, -0.2) is 4.98 Å². The summed E-state index contributed by atoms with van der Waals surface area (Å²) in [5, 5.41) is 7.42. The fourth-order valence-corrected chi connectivity index (χ4v) is 2.92. The molecule has 1 atom stereocenters. The van der Waals surface area contributed by atoms with Gasteiger partial charge < -0.3 is 10.2 Å². The topological polar surface area (TPSA) is 58.9 Å². The van der Waals surface area contributed by atoms with E-state index in [4.69, 9.17) is 0 Å². The molecule has 7 heteroatoms. The molecule has 0 saturated carbocycles. The molecule has 0 amide bonds. The number of piperidine rings is 1. The maximum atomic E-state index is 4.56. The fraction of sp³-hybridized carbons (Fsp3) is 0.462. The van der Waals surface area contributed by atoms with Gasteiger partial charge in [0.1, 0.15) is 5.82 Å². The van der Waals surface area contributed by atoms with Crippen LogP contribution in [0.15, 0.2) is 29.1 Å². The molecule has 1 saturated heterocycles. The van der Waals surface area contributed by atoms with Crippen molar-refractivity contribution in [2.45, 2.75) is 18.9 Å². The molecule has 106 valence electrons. The van der Waals surface area contributed by atoms with Crippen molar-refractivity contribution >= 4 is 27.7 Å². The number of halogens is 1. The highest BCUT2D eigenvalue weighted by atomic mass is 79.9. The third-order valence-corrected chi connectivity index (χ3v) is 4.13. The highest BCUT2D eigenvalue weighted by Gasteiger charge is 2.23. The molecule has 1 fully saturated rings. The van der Waals surface area contributed by atoms with Gasteiger partial charge in [-0.05, 0) is 34.8 Å². The van der Waals surface area contributed by atoms with E-state index in [0.717, 1.165) is 42.2 Å². The molecule has 1 N–H and O–H groups in total. The lowest BCUT2D eigenvalue weighted by Gasteiger charge is -2.33. The molecule has 3 heterocycles. The average molecular weight is 337 g/mol. The molecule has 2 aromatic heterocycles. The zero-order chi connectivity index (χ0) is 13.9. The summed E-state index contributed by atoms with van der Waals surface area (Å²) < 4.78 is 2.91. The second-order valence-electron chi connectivity index (χ2n) is 4.84. The largest absolute Gasteiger partial charge is 0.372 e. The quantitative estimate of drug-likeness (QED) is 0.932. The third-order valence-electron chi connectivity index (χ3n) is 3.55. The molecule has 0 aliphatic carbocycles. The first-order valence-electron chi connectivity index (χ1n) is 6.72. The summed E-state index contributed by atoms with van der Waals surface area (Å²) in [5.41, 5.74) is 0. The Bertz CT molecular complexity index is 570. The zero-order valence-corrected chi connectivity index (χ0v) is 12.9. The SMILES string of the molecule is CNc1nc(N2CCC[C@H](n3cccn3)C2)ncc1Br. The lowest BCUT2D eigenvalue weighted by molar-refractivity contribution is 0.373. The maximum absolute atomic E-state index is 4.56. The first-order valence-corrected chi connectivity index (χ1v) is 7.51. The summed E-state index contributed by atoms with van der Waals surface area (Å²) >= 11 is 3.44. The summed E-state index contributed by atoms with van der Waals surface area (Å²) in [5.74, 6) is 1.59. The van der Waals surface area contributed by atoms with Gasteiger partial charge in [0.05, 0.1) is 10.5 Å². The molecular formula is C13H17BrN6. The van der Waals surface area contributed by atoms with Crippen LogP contribution in [0.25, 0.3) is 0 Å². The molecule has 20 heavy (non-hydrogen) atoms. The predicted molar refractivity (Wildman–Crippen MR) is 82.0 cm³/mol. The standard InChI is InChI=1S/C13H17BrN6/c1-15-12-11(14)8-16-13(18-12)19-6-2-4-10(9-19)20-7-3-5-17-20/h3,5,7-8,10H,2,4,6,9H2,1H3,(H,15,16,18)/t10-/m0/s1. The van der Waals surface area contributed by atoms with Crippen molar-refractivity contribution in [3.63, 3.8) is 0 Å². The van der Waals surface area contributed by atoms with Crippen LogP contribution in [-0.2, 0) is 0 Å². The third kappa shape index (κ3) is 2.63. The van der Waals surface area contributed by atoms with Gasteiger partial charge in [-0.1, -0.05) is 0 Å². The van der Waals surface area contributed by atoms with Crippen LogP contribution >= 0.6 is 15.9 Å². The van der Waals surface area contributed by atoms with Gasteiger partial charge in [-0.2, -0.15) is 10.1 Å². The first kappa shape index (κ1) is 13.4. The summed E-state index contributed by atoms with van der Waals surface area (Å²) in [6, 6.07) is 2.36. The summed E-state index contributed by atoms with van der Waals surface area (Å²) in [6.45, 7) is 1.88. The van der Waals surface area contributed by atoms with Gasteiger partial charge >= 0.3 is 0 Å². The minimum atomic E-state index is 0.393. The van der Waals surface area contributed by atoms with E-state index in [0.29, 0.717) is 6.04 Å². The molecule has 0 radical (unpaired) electrons. The molecular weight excluding hydrogens is 320 g/mol. The van der Waals surface area contributed by atoms with Crippen molar-refractivity contribution in [3.05, 3.63) is 29.1 Å². The lowest BCUT2D eigenvalue weighted by atomic mass is 10.1. The Morgan fingerprint density at radius 1 is 1.45 bits per heavy atom. The maximum Gasteiger partial charge on any atom is 0.227 e. The van der Waals surface area contributed by atoms with Crippen LogP contribution in [-0.4, -0.2) is 39.9 Å². The fourth-order valence-electron chi connectivity index (χ4n) is 2.53. The minimum absolute atomic E-state index is 0.393.